The van der Waals surface area contributed by atoms with Crippen molar-refractivity contribution in [1.82, 2.24) is 5.32 Å². The van der Waals surface area contributed by atoms with E-state index in [2.05, 4.69) is 5.32 Å². The summed E-state index contributed by atoms with van der Waals surface area (Å²) in [5.74, 6) is 0. The zero-order chi connectivity index (χ0) is 8.81. The number of ether oxygens (including phenoxy) is 1. The van der Waals surface area contributed by atoms with Crippen molar-refractivity contribution < 1.29 is 9.13 Å². The molecule has 1 N–H and O–H groups in total. The highest BCUT2D eigenvalue weighted by molar-refractivity contribution is 4.80. The summed E-state index contributed by atoms with van der Waals surface area (Å²) in [6, 6.07) is 0.557. The number of alkyl halides is 1. The third-order valence-corrected chi connectivity index (χ3v) is 2.46. The van der Waals surface area contributed by atoms with Gasteiger partial charge in [-0.2, -0.15) is 0 Å². The first-order valence-corrected chi connectivity index (χ1v) is 4.69. The average Bonchev–Trinajstić information content (AvgIpc) is 2.53. The van der Waals surface area contributed by atoms with Gasteiger partial charge in [-0.25, -0.2) is 0 Å². The quantitative estimate of drug-likeness (QED) is 0.639. The van der Waals surface area contributed by atoms with Gasteiger partial charge in [0.1, 0.15) is 0 Å². The summed E-state index contributed by atoms with van der Waals surface area (Å²) in [6.07, 6.45) is 4.46. The van der Waals surface area contributed by atoms with Crippen molar-refractivity contribution in [2.75, 3.05) is 20.3 Å². The third-order valence-electron chi connectivity index (χ3n) is 2.46. The van der Waals surface area contributed by atoms with E-state index in [4.69, 9.17) is 4.74 Å². The van der Waals surface area contributed by atoms with Crippen molar-refractivity contribution in [2.45, 2.75) is 37.8 Å². The summed E-state index contributed by atoms with van der Waals surface area (Å²) >= 11 is 0. The lowest BCUT2D eigenvalue weighted by Crippen LogP contribution is -2.28. The van der Waals surface area contributed by atoms with Crippen molar-refractivity contribution >= 4 is 0 Å². The maximum Gasteiger partial charge on any atom is 0.0906 e. The van der Waals surface area contributed by atoms with Crippen LogP contribution in [0.25, 0.3) is 0 Å². The Hall–Kier alpha value is -0.150. The Balaban J connectivity index is 2.03. The SMILES string of the molecule is COC1CCC(NCCCF)C1. The van der Waals surface area contributed by atoms with Gasteiger partial charge >= 0.3 is 0 Å². The van der Waals surface area contributed by atoms with Gasteiger partial charge in [-0.3, -0.25) is 4.39 Å². The largest absolute Gasteiger partial charge is 0.381 e. The Morgan fingerprint density at radius 1 is 1.50 bits per heavy atom. The molecule has 0 bridgehead atoms. The fraction of sp³-hybridized carbons (Fsp3) is 1.00. The van der Waals surface area contributed by atoms with Crippen molar-refractivity contribution in [3.05, 3.63) is 0 Å². The predicted molar refractivity (Wildman–Crippen MR) is 47.0 cm³/mol. The molecule has 0 aromatic carbocycles. The molecule has 72 valence electrons. The van der Waals surface area contributed by atoms with E-state index in [-0.39, 0.29) is 6.67 Å². The van der Waals surface area contributed by atoms with E-state index in [1.807, 2.05) is 0 Å². The summed E-state index contributed by atoms with van der Waals surface area (Å²) in [6.45, 7) is 0.588. The van der Waals surface area contributed by atoms with Crippen LogP contribution in [0.3, 0.4) is 0 Å². The lowest BCUT2D eigenvalue weighted by Gasteiger charge is -2.11. The monoisotopic (exact) mass is 175 g/mol. The normalized spacial score (nSPS) is 29.5. The molecule has 2 unspecified atom stereocenters. The first-order valence-electron chi connectivity index (χ1n) is 4.69. The van der Waals surface area contributed by atoms with Crippen LogP contribution in [-0.4, -0.2) is 32.5 Å². The van der Waals surface area contributed by atoms with Gasteiger partial charge in [0.2, 0.25) is 0 Å². The lowest BCUT2D eigenvalue weighted by molar-refractivity contribution is 0.107. The van der Waals surface area contributed by atoms with Crippen LogP contribution in [0, 0.1) is 0 Å². The van der Waals surface area contributed by atoms with Crippen molar-refractivity contribution in [3.63, 3.8) is 0 Å². The van der Waals surface area contributed by atoms with Gasteiger partial charge in [-0.15, -0.1) is 0 Å². The number of methoxy groups -OCH3 is 1. The first kappa shape index (κ1) is 9.93. The first-order chi connectivity index (χ1) is 5.86. The molecule has 0 amide bonds. The van der Waals surface area contributed by atoms with Crippen molar-refractivity contribution in [2.24, 2.45) is 0 Å². The van der Waals surface area contributed by atoms with Gasteiger partial charge in [0.15, 0.2) is 0 Å². The highest BCUT2D eigenvalue weighted by Gasteiger charge is 2.23. The molecule has 2 atom stereocenters. The fourth-order valence-corrected chi connectivity index (χ4v) is 1.71. The molecule has 0 aliphatic heterocycles. The molecule has 0 spiro atoms. The second kappa shape index (κ2) is 5.49. The van der Waals surface area contributed by atoms with Gasteiger partial charge in [0.05, 0.1) is 12.8 Å². The second-order valence-electron chi connectivity index (χ2n) is 3.36. The van der Waals surface area contributed by atoms with Gasteiger partial charge in [0.25, 0.3) is 0 Å². The topological polar surface area (TPSA) is 21.3 Å². The summed E-state index contributed by atoms with van der Waals surface area (Å²) in [7, 11) is 1.76. The Bertz CT molecular complexity index is 121. The van der Waals surface area contributed by atoms with E-state index in [1.165, 1.54) is 6.42 Å². The minimum absolute atomic E-state index is 0.215. The van der Waals surface area contributed by atoms with E-state index in [0.29, 0.717) is 18.6 Å². The van der Waals surface area contributed by atoms with Crippen molar-refractivity contribution in [1.29, 1.82) is 0 Å². The van der Waals surface area contributed by atoms with Crippen LogP contribution < -0.4 is 5.32 Å². The standard InChI is InChI=1S/C9H18FNO/c1-12-9-4-3-8(7-9)11-6-2-5-10/h8-9,11H,2-7H2,1H3. The van der Waals surface area contributed by atoms with Crippen LogP contribution in [0.2, 0.25) is 0 Å². The minimum atomic E-state index is -0.215. The average molecular weight is 175 g/mol. The van der Waals surface area contributed by atoms with Gasteiger partial charge in [0, 0.05) is 13.2 Å². The molecule has 1 aliphatic rings. The Labute approximate surface area is 73.5 Å². The highest BCUT2D eigenvalue weighted by Crippen LogP contribution is 2.21. The summed E-state index contributed by atoms with van der Waals surface area (Å²) < 4.78 is 17.0. The van der Waals surface area contributed by atoms with Crippen LogP contribution >= 0.6 is 0 Å². The van der Waals surface area contributed by atoms with Gasteiger partial charge < -0.3 is 10.1 Å². The molecule has 0 aromatic heterocycles. The third kappa shape index (κ3) is 3.07. The van der Waals surface area contributed by atoms with Crippen LogP contribution in [-0.2, 0) is 4.74 Å². The molecular weight excluding hydrogens is 157 g/mol. The smallest absolute Gasteiger partial charge is 0.0906 e. The lowest BCUT2D eigenvalue weighted by atomic mass is 10.2. The zero-order valence-electron chi connectivity index (χ0n) is 7.68. The maximum atomic E-state index is 11.7. The summed E-state index contributed by atoms with van der Waals surface area (Å²) in [5.41, 5.74) is 0. The molecule has 0 radical (unpaired) electrons. The molecule has 1 aliphatic carbocycles. The van der Waals surface area contributed by atoms with Crippen LogP contribution in [0.4, 0.5) is 4.39 Å². The van der Waals surface area contributed by atoms with E-state index in [9.17, 15) is 4.39 Å². The van der Waals surface area contributed by atoms with Gasteiger partial charge in [-0.1, -0.05) is 0 Å². The molecule has 0 saturated heterocycles. The molecule has 12 heavy (non-hydrogen) atoms. The molecular formula is C9H18FNO. The Morgan fingerprint density at radius 2 is 2.33 bits per heavy atom. The molecule has 3 heteroatoms. The van der Waals surface area contributed by atoms with Crippen LogP contribution in [0.15, 0.2) is 0 Å². The number of hydrogen-bond donors (Lipinski definition) is 1. The highest BCUT2D eigenvalue weighted by atomic mass is 19.1. The molecule has 1 fully saturated rings. The zero-order valence-corrected chi connectivity index (χ0v) is 7.68. The maximum absolute atomic E-state index is 11.7. The molecule has 0 aromatic rings. The molecule has 1 saturated carbocycles. The molecule has 1 rings (SSSR count). The minimum Gasteiger partial charge on any atom is -0.381 e. The number of nitrogens with one attached hydrogen (secondary N) is 1. The Kier molecular flexibility index (Phi) is 4.54. The van der Waals surface area contributed by atoms with Crippen LogP contribution in [0.1, 0.15) is 25.7 Å². The molecule has 2 nitrogen and oxygen atoms in total. The Morgan fingerprint density at radius 3 is 2.92 bits per heavy atom. The summed E-state index contributed by atoms with van der Waals surface area (Å²) in [5, 5.41) is 3.33. The number of rotatable bonds is 5. The van der Waals surface area contributed by atoms with E-state index >= 15 is 0 Å². The van der Waals surface area contributed by atoms with E-state index in [0.717, 1.165) is 19.4 Å². The summed E-state index contributed by atoms with van der Waals surface area (Å²) in [4.78, 5) is 0. The van der Waals surface area contributed by atoms with Crippen LogP contribution in [0.5, 0.6) is 0 Å². The van der Waals surface area contributed by atoms with Crippen molar-refractivity contribution in [3.8, 4) is 0 Å². The van der Waals surface area contributed by atoms with Gasteiger partial charge in [-0.05, 0) is 32.2 Å². The fourth-order valence-electron chi connectivity index (χ4n) is 1.71. The second-order valence-corrected chi connectivity index (χ2v) is 3.36. The van der Waals surface area contributed by atoms with E-state index < -0.39 is 0 Å². The number of hydrogen-bond acceptors (Lipinski definition) is 2. The van der Waals surface area contributed by atoms with E-state index in [1.54, 1.807) is 7.11 Å². The number of halogens is 1. The predicted octanol–water partition coefficient (Wildman–Crippen LogP) is 1.50. The molecule has 0 heterocycles.